The number of aromatic nitrogens is 1. The van der Waals surface area contributed by atoms with Crippen LogP contribution in [-0.2, 0) is 6.54 Å². The Balaban J connectivity index is 2.23. The van der Waals surface area contributed by atoms with Crippen LogP contribution in [0, 0.1) is 5.92 Å². The molecule has 1 saturated heterocycles. The SMILES string of the molecule is O=c1c(Br)cc(Br)c2n1CC1CNCC2C1. The van der Waals surface area contributed by atoms with Crippen molar-refractivity contribution in [2.24, 2.45) is 5.92 Å². The second-order valence-corrected chi connectivity index (χ2v) is 6.31. The molecule has 1 aromatic heterocycles. The molecule has 0 aromatic carbocycles. The van der Waals surface area contributed by atoms with Crippen LogP contribution in [0.25, 0.3) is 0 Å². The van der Waals surface area contributed by atoms with E-state index in [0.717, 1.165) is 29.8 Å². The quantitative estimate of drug-likeness (QED) is 0.779. The third kappa shape index (κ3) is 1.60. The van der Waals surface area contributed by atoms with Crippen LogP contribution in [0.2, 0.25) is 0 Å². The van der Waals surface area contributed by atoms with Gasteiger partial charge < -0.3 is 9.88 Å². The minimum absolute atomic E-state index is 0.106. The molecule has 0 saturated carbocycles. The van der Waals surface area contributed by atoms with Crippen LogP contribution in [-0.4, -0.2) is 17.7 Å². The number of fused-ring (bicyclic) bond motifs is 4. The normalized spacial score (nSPS) is 27.6. The highest BCUT2D eigenvalue weighted by Gasteiger charge is 2.32. The summed E-state index contributed by atoms with van der Waals surface area (Å²) in [4.78, 5) is 12.1. The summed E-state index contributed by atoms with van der Waals surface area (Å²) in [5.74, 6) is 1.08. The zero-order valence-corrected chi connectivity index (χ0v) is 11.8. The summed E-state index contributed by atoms with van der Waals surface area (Å²) in [5.41, 5.74) is 1.27. The first-order valence-corrected chi connectivity index (χ1v) is 7.05. The predicted molar refractivity (Wildman–Crippen MR) is 69.8 cm³/mol. The molecule has 2 atom stereocenters. The first-order valence-electron chi connectivity index (χ1n) is 5.46. The molecule has 86 valence electrons. The van der Waals surface area contributed by atoms with Gasteiger partial charge >= 0.3 is 0 Å². The Morgan fingerprint density at radius 1 is 1.31 bits per heavy atom. The van der Waals surface area contributed by atoms with Gasteiger partial charge in [0, 0.05) is 29.2 Å². The van der Waals surface area contributed by atoms with Crippen molar-refractivity contribution >= 4 is 31.9 Å². The largest absolute Gasteiger partial charge is 0.316 e. The highest BCUT2D eigenvalue weighted by molar-refractivity contribution is 9.11. The fourth-order valence-corrected chi connectivity index (χ4v) is 4.36. The van der Waals surface area contributed by atoms with Gasteiger partial charge in [-0.2, -0.15) is 0 Å². The molecule has 0 spiro atoms. The van der Waals surface area contributed by atoms with E-state index in [0.29, 0.717) is 16.3 Å². The van der Waals surface area contributed by atoms with Crippen molar-refractivity contribution in [2.45, 2.75) is 18.9 Å². The van der Waals surface area contributed by atoms with E-state index in [1.165, 1.54) is 6.42 Å². The molecule has 2 unspecified atom stereocenters. The van der Waals surface area contributed by atoms with Gasteiger partial charge in [0.25, 0.3) is 5.56 Å². The van der Waals surface area contributed by atoms with Crippen molar-refractivity contribution in [3.8, 4) is 0 Å². The van der Waals surface area contributed by atoms with E-state index in [2.05, 4.69) is 37.2 Å². The molecule has 0 aliphatic carbocycles. The molecule has 16 heavy (non-hydrogen) atoms. The van der Waals surface area contributed by atoms with Crippen molar-refractivity contribution in [3.05, 3.63) is 31.1 Å². The lowest BCUT2D eigenvalue weighted by molar-refractivity contribution is 0.256. The summed E-state index contributed by atoms with van der Waals surface area (Å²) in [5, 5.41) is 3.44. The molecule has 2 bridgehead atoms. The van der Waals surface area contributed by atoms with Crippen LogP contribution >= 0.6 is 31.9 Å². The van der Waals surface area contributed by atoms with Gasteiger partial charge in [-0.15, -0.1) is 0 Å². The average Bonchev–Trinajstić information content (AvgIpc) is 2.25. The van der Waals surface area contributed by atoms with Crippen LogP contribution in [0.3, 0.4) is 0 Å². The molecule has 0 radical (unpaired) electrons. The molecule has 3 nitrogen and oxygen atoms in total. The maximum Gasteiger partial charge on any atom is 0.265 e. The molecule has 1 N–H and O–H groups in total. The summed E-state index contributed by atoms with van der Waals surface area (Å²) in [6.45, 7) is 2.86. The summed E-state index contributed by atoms with van der Waals surface area (Å²) in [6.07, 6.45) is 1.20. The lowest BCUT2D eigenvalue weighted by Gasteiger charge is -2.38. The van der Waals surface area contributed by atoms with Gasteiger partial charge in [-0.05, 0) is 56.8 Å². The van der Waals surface area contributed by atoms with Crippen LogP contribution in [0.1, 0.15) is 18.0 Å². The van der Waals surface area contributed by atoms with Crippen molar-refractivity contribution in [3.63, 3.8) is 0 Å². The Bertz CT molecular complexity index is 497. The zero-order chi connectivity index (χ0) is 11.3. The molecule has 2 aliphatic heterocycles. The minimum Gasteiger partial charge on any atom is -0.316 e. The summed E-state index contributed by atoms with van der Waals surface area (Å²) in [7, 11) is 0. The molecule has 3 rings (SSSR count). The Hall–Kier alpha value is -0.130. The number of nitrogens with one attached hydrogen (secondary N) is 1. The first-order chi connectivity index (χ1) is 7.66. The highest BCUT2D eigenvalue weighted by atomic mass is 79.9. The molecule has 1 aromatic rings. The number of rotatable bonds is 0. The Morgan fingerprint density at radius 2 is 2.12 bits per heavy atom. The van der Waals surface area contributed by atoms with Crippen molar-refractivity contribution in [1.29, 1.82) is 0 Å². The van der Waals surface area contributed by atoms with E-state index >= 15 is 0 Å². The Kier molecular flexibility index (Phi) is 2.72. The maximum atomic E-state index is 12.1. The van der Waals surface area contributed by atoms with E-state index in [9.17, 15) is 4.79 Å². The fourth-order valence-electron chi connectivity index (χ4n) is 2.85. The number of halogens is 2. The lowest BCUT2D eigenvalue weighted by atomic mass is 9.84. The Labute approximate surface area is 110 Å². The fraction of sp³-hybridized carbons (Fsp3) is 0.545. The molecule has 1 fully saturated rings. The van der Waals surface area contributed by atoms with Crippen LogP contribution in [0.4, 0.5) is 0 Å². The van der Waals surface area contributed by atoms with E-state index in [1.54, 1.807) is 0 Å². The second-order valence-electron chi connectivity index (χ2n) is 4.60. The number of piperidine rings is 1. The summed E-state index contributed by atoms with van der Waals surface area (Å²) >= 11 is 6.90. The van der Waals surface area contributed by atoms with Gasteiger partial charge in [0.15, 0.2) is 0 Å². The smallest absolute Gasteiger partial charge is 0.265 e. The number of nitrogens with zero attached hydrogens (tertiary/aromatic N) is 1. The van der Waals surface area contributed by atoms with E-state index in [1.807, 2.05) is 10.6 Å². The molecule has 5 heteroatoms. The Morgan fingerprint density at radius 3 is 2.94 bits per heavy atom. The predicted octanol–water partition coefficient (Wildman–Crippen LogP) is 2.08. The number of pyridine rings is 1. The van der Waals surface area contributed by atoms with Gasteiger partial charge in [0.1, 0.15) is 0 Å². The van der Waals surface area contributed by atoms with Crippen LogP contribution < -0.4 is 10.9 Å². The number of hydrogen-bond acceptors (Lipinski definition) is 2. The van der Waals surface area contributed by atoms with E-state index in [4.69, 9.17) is 0 Å². The molecule has 3 heterocycles. The van der Waals surface area contributed by atoms with Gasteiger partial charge in [0.2, 0.25) is 0 Å². The van der Waals surface area contributed by atoms with Crippen molar-refractivity contribution < 1.29 is 0 Å². The summed E-state index contributed by atoms with van der Waals surface area (Å²) in [6, 6.07) is 1.88. The average molecular weight is 348 g/mol. The molecular formula is C11H12Br2N2O. The van der Waals surface area contributed by atoms with Gasteiger partial charge in [-0.25, -0.2) is 0 Å². The van der Waals surface area contributed by atoms with Gasteiger partial charge in [-0.1, -0.05) is 0 Å². The van der Waals surface area contributed by atoms with E-state index < -0.39 is 0 Å². The summed E-state index contributed by atoms with van der Waals surface area (Å²) < 4.78 is 3.63. The molecule has 0 amide bonds. The third-order valence-electron chi connectivity index (χ3n) is 3.51. The highest BCUT2D eigenvalue weighted by Crippen LogP contribution is 2.36. The van der Waals surface area contributed by atoms with Crippen LogP contribution in [0.15, 0.2) is 19.8 Å². The van der Waals surface area contributed by atoms with E-state index in [-0.39, 0.29) is 5.56 Å². The minimum atomic E-state index is 0.106. The maximum absolute atomic E-state index is 12.1. The van der Waals surface area contributed by atoms with Crippen molar-refractivity contribution in [2.75, 3.05) is 13.1 Å². The molecular weight excluding hydrogens is 336 g/mol. The molecule has 2 aliphatic rings. The number of hydrogen-bond donors (Lipinski definition) is 1. The van der Waals surface area contributed by atoms with Gasteiger partial charge in [0.05, 0.1) is 4.47 Å². The second kappa shape index (κ2) is 3.96. The standard InChI is InChI=1S/C11H12Br2N2O/c12-8-2-9(13)11(16)15-5-6-1-7(10(8)15)4-14-3-6/h2,6-7,14H,1,3-5H2. The van der Waals surface area contributed by atoms with Crippen molar-refractivity contribution in [1.82, 2.24) is 9.88 Å². The van der Waals surface area contributed by atoms with Gasteiger partial charge in [-0.3, -0.25) is 4.79 Å². The van der Waals surface area contributed by atoms with Crippen LogP contribution in [0.5, 0.6) is 0 Å². The topological polar surface area (TPSA) is 34.0 Å². The third-order valence-corrected chi connectivity index (χ3v) is 4.71. The zero-order valence-electron chi connectivity index (χ0n) is 8.67. The lowest BCUT2D eigenvalue weighted by Crippen LogP contribution is -2.45. The first kappa shape index (κ1) is 11.0. The monoisotopic (exact) mass is 346 g/mol.